The van der Waals surface area contributed by atoms with Crippen LogP contribution in [0, 0.1) is 11.8 Å². The van der Waals surface area contributed by atoms with Crippen molar-refractivity contribution in [3.8, 4) is 0 Å². The third-order valence-electron chi connectivity index (χ3n) is 3.56. The molecule has 1 aromatic rings. The third-order valence-corrected chi connectivity index (χ3v) is 3.56. The van der Waals surface area contributed by atoms with Crippen molar-refractivity contribution in [1.82, 2.24) is 5.32 Å². The van der Waals surface area contributed by atoms with Crippen LogP contribution < -0.4 is 5.32 Å². The molecule has 2 unspecified atom stereocenters. The van der Waals surface area contributed by atoms with Crippen molar-refractivity contribution < 1.29 is 14.7 Å². The molecule has 1 rings (SSSR count). The van der Waals surface area contributed by atoms with Crippen LogP contribution in [0.15, 0.2) is 30.3 Å². The largest absolute Gasteiger partial charge is 0.481 e. The third kappa shape index (κ3) is 5.43. The molecule has 0 aliphatic rings. The van der Waals surface area contributed by atoms with Gasteiger partial charge in [-0.15, -0.1) is 0 Å². The number of benzene rings is 1. The average Bonchev–Trinajstić information content (AvgIpc) is 2.38. The van der Waals surface area contributed by atoms with Gasteiger partial charge in [-0.2, -0.15) is 0 Å². The average molecular weight is 277 g/mol. The van der Waals surface area contributed by atoms with E-state index in [9.17, 15) is 9.59 Å². The molecule has 0 spiro atoms. The summed E-state index contributed by atoms with van der Waals surface area (Å²) in [7, 11) is 0. The summed E-state index contributed by atoms with van der Waals surface area (Å²) in [4.78, 5) is 23.0. The van der Waals surface area contributed by atoms with E-state index in [0.29, 0.717) is 12.3 Å². The predicted molar refractivity (Wildman–Crippen MR) is 78.2 cm³/mol. The Labute approximate surface area is 120 Å². The van der Waals surface area contributed by atoms with Crippen LogP contribution in [0.1, 0.15) is 45.2 Å². The van der Waals surface area contributed by atoms with E-state index in [2.05, 4.69) is 19.2 Å². The fourth-order valence-electron chi connectivity index (χ4n) is 1.89. The molecular weight excluding hydrogens is 254 g/mol. The van der Waals surface area contributed by atoms with Crippen molar-refractivity contribution >= 4 is 11.9 Å². The van der Waals surface area contributed by atoms with E-state index in [1.165, 1.54) is 0 Å². The van der Waals surface area contributed by atoms with Crippen LogP contribution in [0.3, 0.4) is 0 Å². The predicted octanol–water partition coefficient (Wildman–Crippen LogP) is 3.00. The zero-order valence-electron chi connectivity index (χ0n) is 12.3. The Bertz CT molecular complexity index is 442. The summed E-state index contributed by atoms with van der Waals surface area (Å²) in [6.07, 6.45) is 0.312. The van der Waals surface area contributed by atoms with Crippen molar-refractivity contribution in [2.24, 2.45) is 11.8 Å². The Morgan fingerprint density at radius 1 is 1.10 bits per heavy atom. The monoisotopic (exact) mass is 277 g/mol. The van der Waals surface area contributed by atoms with Crippen molar-refractivity contribution in [2.75, 3.05) is 0 Å². The first-order valence-corrected chi connectivity index (χ1v) is 6.96. The molecule has 2 atom stereocenters. The van der Waals surface area contributed by atoms with Crippen molar-refractivity contribution in [3.05, 3.63) is 35.9 Å². The van der Waals surface area contributed by atoms with Crippen LogP contribution in [-0.4, -0.2) is 17.0 Å². The van der Waals surface area contributed by atoms with E-state index >= 15 is 0 Å². The Morgan fingerprint density at radius 2 is 1.70 bits per heavy atom. The summed E-state index contributed by atoms with van der Waals surface area (Å²) in [6.45, 7) is 6.17. The lowest BCUT2D eigenvalue weighted by Crippen LogP contribution is -2.31. The summed E-state index contributed by atoms with van der Waals surface area (Å²) in [5.41, 5.74) is 0.820. The number of hydrogen-bond donors (Lipinski definition) is 2. The summed E-state index contributed by atoms with van der Waals surface area (Å²) in [5, 5.41) is 11.8. The first-order chi connectivity index (χ1) is 9.40. The molecule has 4 nitrogen and oxygen atoms in total. The maximum atomic E-state index is 12.0. The first-order valence-electron chi connectivity index (χ1n) is 6.96. The number of nitrogens with one attached hydrogen (secondary N) is 1. The van der Waals surface area contributed by atoms with Gasteiger partial charge in [-0.3, -0.25) is 9.59 Å². The van der Waals surface area contributed by atoms with Gasteiger partial charge in [0.05, 0.1) is 12.5 Å². The quantitative estimate of drug-likeness (QED) is 0.805. The van der Waals surface area contributed by atoms with Gasteiger partial charge in [0.15, 0.2) is 0 Å². The SMILES string of the molecule is CC(C)C(C)CC(=O)NC(CC(=O)O)c1ccccc1. The van der Waals surface area contributed by atoms with E-state index in [4.69, 9.17) is 5.11 Å². The molecule has 1 amide bonds. The zero-order valence-corrected chi connectivity index (χ0v) is 12.3. The van der Waals surface area contributed by atoms with Gasteiger partial charge in [0.2, 0.25) is 5.91 Å². The van der Waals surface area contributed by atoms with E-state index in [1.54, 1.807) is 0 Å². The molecule has 0 aliphatic heterocycles. The highest BCUT2D eigenvalue weighted by Gasteiger charge is 2.19. The number of rotatable bonds is 7. The number of carbonyl (C=O) groups excluding carboxylic acids is 1. The van der Waals surface area contributed by atoms with E-state index in [0.717, 1.165) is 5.56 Å². The van der Waals surface area contributed by atoms with E-state index < -0.39 is 12.0 Å². The van der Waals surface area contributed by atoms with Gasteiger partial charge in [-0.1, -0.05) is 51.1 Å². The lowest BCUT2D eigenvalue weighted by Gasteiger charge is -2.20. The van der Waals surface area contributed by atoms with Gasteiger partial charge in [0.25, 0.3) is 0 Å². The topological polar surface area (TPSA) is 66.4 Å². The Balaban J connectivity index is 2.71. The molecule has 0 radical (unpaired) electrons. The highest BCUT2D eigenvalue weighted by Crippen LogP contribution is 2.19. The number of amides is 1. The smallest absolute Gasteiger partial charge is 0.305 e. The first kappa shape index (κ1) is 16.2. The van der Waals surface area contributed by atoms with Gasteiger partial charge in [-0.25, -0.2) is 0 Å². The lowest BCUT2D eigenvalue weighted by atomic mass is 9.94. The van der Waals surface area contributed by atoms with Gasteiger partial charge >= 0.3 is 5.97 Å². The number of carboxylic acids is 1. The Hall–Kier alpha value is -1.84. The zero-order chi connectivity index (χ0) is 15.1. The number of carboxylic acid groups (broad SMARTS) is 1. The maximum absolute atomic E-state index is 12.0. The molecular formula is C16H23NO3. The van der Waals surface area contributed by atoms with Crippen LogP contribution in [0.5, 0.6) is 0 Å². The molecule has 0 aliphatic carbocycles. The highest BCUT2D eigenvalue weighted by molar-refractivity contribution is 5.78. The van der Waals surface area contributed by atoms with Crippen molar-refractivity contribution in [2.45, 2.75) is 39.7 Å². The normalized spacial score (nSPS) is 13.8. The summed E-state index contributed by atoms with van der Waals surface area (Å²) >= 11 is 0. The minimum atomic E-state index is -0.920. The molecule has 0 fully saturated rings. The summed E-state index contributed by atoms with van der Waals surface area (Å²) < 4.78 is 0. The maximum Gasteiger partial charge on any atom is 0.305 e. The lowest BCUT2D eigenvalue weighted by molar-refractivity contribution is -0.137. The Kier molecular flexibility index (Phi) is 6.22. The van der Waals surface area contributed by atoms with Gasteiger partial charge in [0.1, 0.15) is 0 Å². The minimum absolute atomic E-state index is 0.0960. The van der Waals surface area contributed by atoms with Crippen LogP contribution in [0.4, 0.5) is 0 Å². The molecule has 0 bridgehead atoms. The molecule has 20 heavy (non-hydrogen) atoms. The number of carbonyl (C=O) groups is 2. The van der Waals surface area contributed by atoms with Crippen molar-refractivity contribution in [3.63, 3.8) is 0 Å². The number of hydrogen-bond acceptors (Lipinski definition) is 2. The second-order valence-corrected chi connectivity index (χ2v) is 5.55. The molecule has 0 aromatic heterocycles. The Morgan fingerprint density at radius 3 is 2.20 bits per heavy atom. The molecule has 0 saturated heterocycles. The standard InChI is InChI=1S/C16H23NO3/c1-11(2)12(3)9-15(18)17-14(10-16(19)20)13-7-5-4-6-8-13/h4-8,11-12,14H,9-10H2,1-3H3,(H,17,18)(H,19,20). The van der Waals surface area contributed by atoms with Crippen LogP contribution in [-0.2, 0) is 9.59 Å². The minimum Gasteiger partial charge on any atom is -0.481 e. The van der Waals surface area contributed by atoms with Crippen LogP contribution in [0.2, 0.25) is 0 Å². The molecule has 0 heterocycles. The second-order valence-electron chi connectivity index (χ2n) is 5.55. The molecule has 1 aromatic carbocycles. The fourth-order valence-corrected chi connectivity index (χ4v) is 1.89. The molecule has 2 N–H and O–H groups in total. The van der Waals surface area contributed by atoms with E-state index in [1.807, 2.05) is 37.3 Å². The van der Waals surface area contributed by atoms with Gasteiger partial charge < -0.3 is 10.4 Å². The number of aliphatic carboxylic acids is 1. The van der Waals surface area contributed by atoms with Crippen LogP contribution in [0.25, 0.3) is 0 Å². The molecule has 4 heteroatoms. The van der Waals surface area contributed by atoms with Crippen LogP contribution >= 0.6 is 0 Å². The summed E-state index contributed by atoms with van der Waals surface area (Å²) in [6, 6.07) is 8.74. The fraction of sp³-hybridized carbons (Fsp3) is 0.500. The van der Waals surface area contributed by atoms with E-state index in [-0.39, 0.29) is 18.2 Å². The van der Waals surface area contributed by atoms with Crippen molar-refractivity contribution in [1.29, 1.82) is 0 Å². The van der Waals surface area contributed by atoms with Gasteiger partial charge in [0, 0.05) is 6.42 Å². The van der Waals surface area contributed by atoms with Gasteiger partial charge in [-0.05, 0) is 17.4 Å². The highest BCUT2D eigenvalue weighted by atomic mass is 16.4. The summed E-state index contributed by atoms with van der Waals surface area (Å²) in [5.74, 6) is -0.316. The molecule has 110 valence electrons. The molecule has 0 saturated carbocycles. The second kappa shape index (κ2) is 7.68.